The molecule has 2 aromatic rings. The fourth-order valence-electron chi connectivity index (χ4n) is 2.48. The van der Waals surface area contributed by atoms with Gasteiger partial charge in [-0.05, 0) is 77.5 Å². The molecule has 26 heavy (non-hydrogen) atoms. The predicted molar refractivity (Wildman–Crippen MR) is 113 cm³/mol. The van der Waals surface area contributed by atoms with E-state index in [4.69, 9.17) is 0 Å². The molecule has 0 fully saturated rings. The van der Waals surface area contributed by atoms with Gasteiger partial charge in [-0.25, -0.2) is 0 Å². The molecule has 0 spiro atoms. The van der Waals surface area contributed by atoms with Gasteiger partial charge in [0.1, 0.15) is 6.04 Å². The number of aryl methyl sites for hydroxylation is 2. The average molecular weight is 435 g/mol. The lowest BCUT2D eigenvalue weighted by molar-refractivity contribution is -0.118. The Hall–Kier alpha value is -1.79. The third kappa shape index (κ3) is 5.61. The lowest BCUT2D eigenvalue weighted by atomic mass is 10.1. The molecule has 2 amide bonds. The van der Waals surface area contributed by atoms with Crippen molar-refractivity contribution >= 4 is 45.2 Å². The van der Waals surface area contributed by atoms with Gasteiger partial charge in [-0.1, -0.05) is 24.3 Å². The molecular weight excluding hydrogens is 412 g/mol. The number of nitrogens with one attached hydrogen (secondary N) is 2. The van der Waals surface area contributed by atoms with E-state index in [1.807, 2.05) is 50.4 Å². The molecule has 0 saturated heterocycles. The Morgan fingerprint density at radius 2 is 1.88 bits per heavy atom. The van der Waals surface area contributed by atoms with Crippen LogP contribution in [0.1, 0.15) is 27.9 Å². The predicted octanol–water partition coefficient (Wildman–Crippen LogP) is 4.56. The van der Waals surface area contributed by atoms with Gasteiger partial charge in [0, 0.05) is 10.2 Å². The minimum absolute atomic E-state index is 0.201. The smallest absolute Gasteiger partial charge is 0.253 e. The van der Waals surface area contributed by atoms with Gasteiger partial charge in [-0.3, -0.25) is 9.59 Å². The topological polar surface area (TPSA) is 58.2 Å². The molecule has 0 bridgehead atoms. The molecule has 0 radical (unpaired) electrons. The highest BCUT2D eigenvalue weighted by molar-refractivity contribution is 9.10. The van der Waals surface area contributed by atoms with E-state index in [-0.39, 0.29) is 11.8 Å². The minimum Gasteiger partial charge on any atom is -0.340 e. The molecular formula is C20H23BrN2O2S. The van der Waals surface area contributed by atoms with E-state index >= 15 is 0 Å². The van der Waals surface area contributed by atoms with Crippen LogP contribution in [0.25, 0.3) is 0 Å². The Bertz CT molecular complexity index is 795. The molecule has 1 atom stereocenters. The highest BCUT2D eigenvalue weighted by atomic mass is 79.9. The zero-order chi connectivity index (χ0) is 19.1. The van der Waals surface area contributed by atoms with Crippen molar-refractivity contribution < 1.29 is 9.59 Å². The van der Waals surface area contributed by atoms with Gasteiger partial charge in [0.2, 0.25) is 5.91 Å². The van der Waals surface area contributed by atoms with Crippen LogP contribution in [-0.4, -0.2) is 29.9 Å². The molecule has 2 aromatic carbocycles. The second-order valence-corrected chi connectivity index (χ2v) is 7.93. The number of carbonyl (C=O) groups excluding carboxylic acids is 2. The Labute approximate surface area is 167 Å². The summed E-state index contributed by atoms with van der Waals surface area (Å²) in [5, 5.41) is 5.83. The van der Waals surface area contributed by atoms with E-state index in [9.17, 15) is 9.59 Å². The van der Waals surface area contributed by atoms with Gasteiger partial charge in [0.05, 0.1) is 5.56 Å². The molecule has 138 valence electrons. The summed E-state index contributed by atoms with van der Waals surface area (Å²) in [5.41, 5.74) is 3.36. The number of hydrogen-bond acceptors (Lipinski definition) is 3. The van der Waals surface area contributed by atoms with Crippen LogP contribution in [0.2, 0.25) is 0 Å². The van der Waals surface area contributed by atoms with Gasteiger partial charge in [0.15, 0.2) is 0 Å². The lowest BCUT2D eigenvalue weighted by Crippen LogP contribution is -2.44. The van der Waals surface area contributed by atoms with Crippen LogP contribution in [0.3, 0.4) is 0 Å². The third-order valence-electron chi connectivity index (χ3n) is 4.00. The van der Waals surface area contributed by atoms with Gasteiger partial charge in [0.25, 0.3) is 5.91 Å². The first-order valence-electron chi connectivity index (χ1n) is 8.35. The highest BCUT2D eigenvalue weighted by Gasteiger charge is 2.22. The van der Waals surface area contributed by atoms with Crippen molar-refractivity contribution in [3.05, 3.63) is 63.6 Å². The Balaban J connectivity index is 2.15. The zero-order valence-corrected chi connectivity index (χ0v) is 17.5. The SMILES string of the molecule is CSCCC(NC(=O)c1ccccc1Br)C(=O)Nc1cc(C)ccc1C. The van der Waals surface area contributed by atoms with Gasteiger partial charge in [-0.15, -0.1) is 0 Å². The summed E-state index contributed by atoms with van der Waals surface area (Å²) in [6.45, 7) is 3.93. The maximum atomic E-state index is 12.8. The summed E-state index contributed by atoms with van der Waals surface area (Å²) in [6, 6.07) is 12.5. The summed E-state index contributed by atoms with van der Waals surface area (Å²) >= 11 is 5.03. The first-order chi connectivity index (χ1) is 12.4. The molecule has 6 heteroatoms. The van der Waals surface area contributed by atoms with Crippen LogP contribution in [-0.2, 0) is 4.79 Å². The molecule has 0 aliphatic heterocycles. The summed E-state index contributed by atoms with van der Waals surface area (Å²) in [7, 11) is 0. The van der Waals surface area contributed by atoms with Crippen molar-refractivity contribution in [2.24, 2.45) is 0 Å². The molecule has 1 unspecified atom stereocenters. The fraction of sp³-hybridized carbons (Fsp3) is 0.300. The van der Waals surface area contributed by atoms with Crippen LogP contribution in [0.4, 0.5) is 5.69 Å². The summed E-state index contributed by atoms with van der Waals surface area (Å²) in [5.74, 6) is 0.314. The van der Waals surface area contributed by atoms with E-state index < -0.39 is 6.04 Å². The molecule has 2 rings (SSSR count). The quantitative estimate of drug-likeness (QED) is 0.671. The van der Waals surface area contributed by atoms with Crippen molar-refractivity contribution in [3.8, 4) is 0 Å². The van der Waals surface area contributed by atoms with Crippen LogP contribution in [0, 0.1) is 13.8 Å². The summed E-state index contributed by atoms with van der Waals surface area (Å²) in [6.07, 6.45) is 2.54. The molecule has 4 nitrogen and oxygen atoms in total. The highest BCUT2D eigenvalue weighted by Crippen LogP contribution is 2.18. The monoisotopic (exact) mass is 434 g/mol. The number of carbonyl (C=O) groups is 2. The van der Waals surface area contributed by atoms with E-state index in [0.717, 1.165) is 22.6 Å². The number of thioether (sulfide) groups is 1. The molecule has 2 N–H and O–H groups in total. The number of hydrogen-bond donors (Lipinski definition) is 2. The van der Waals surface area contributed by atoms with Crippen LogP contribution in [0.5, 0.6) is 0 Å². The van der Waals surface area contributed by atoms with Crippen molar-refractivity contribution in [2.75, 3.05) is 17.3 Å². The minimum atomic E-state index is -0.595. The average Bonchev–Trinajstić information content (AvgIpc) is 2.61. The van der Waals surface area contributed by atoms with Crippen molar-refractivity contribution in [3.63, 3.8) is 0 Å². The van der Waals surface area contributed by atoms with E-state index in [1.54, 1.807) is 23.9 Å². The van der Waals surface area contributed by atoms with Crippen molar-refractivity contribution in [1.29, 1.82) is 0 Å². The Morgan fingerprint density at radius 3 is 2.58 bits per heavy atom. The number of amides is 2. The number of benzene rings is 2. The maximum Gasteiger partial charge on any atom is 0.253 e. The molecule has 0 heterocycles. The zero-order valence-electron chi connectivity index (χ0n) is 15.1. The first-order valence-corrected chi connectivity index (χ1v) is 10.5. The largest absolute Gasteiger partial charge is 0.340 e. The van der Waals surface area contributed by atoms with E-state index in [1.165, 1.54) is 0 Å². The normalized spacial score (nSPS) is 11.7. The number of anilines is 1. The summed E-state index contributed by atoms with van der Waals surface area (Å²) < 4.78 is 0.705. The Kier molecular flexibility index (Phi) is 7.72. The second kappa shape index (κ2) is 9.78. The number of rotatable bonds is 7. The van der Waals surface area contributed by atoms with Crippen LogP contribution >= 0.6 is 27.7 Å². The molecule has 0 saturated carbocycles. The van der Waals surface area contributed by atoms with Crippen LogP contribution in [0.15, 0.2) is 46.9 Å². The molecule has 0 aliphatic carbocycles. The number of halogens is 1. The lowest BCUT2D eigenvalue weighted by Gasteiger charge is -2.19. The van der Waals surface area contributed by atoms with Gasteiger partial charge < -0.3 is 10.6 Å². The fourth-order valence-corrected chi connectivity index (χ4v) is 3.41. The van der Waals surface area contributed by atoms with E-state index in [2.05, 4.69) is 26.6 Å². The summed E-state index contributed by atoms with van der Waals surface area (Å²) in [4.78, 5) is 25.4. The standard InChI is InChI=1S/C20H23BrN2O2S/c1-13-8-9-14(2)18(12-13)23-20(25)17(10-11-26-3)22-19(24)15-6-4-5-7-16(15)21/h4-9,12,17H,10-11H2,1-3H3,(H,22,24)(H,23,25). The van der Waals surface area contributed by atoms with Crippen molar-refractivity contribution in [2.45, 2.75) is 26.3 Å². The van der Waals surface area contributed by atoms with Gasteiger partial charge >= 0.3 is 0 Å². The Morgan fingerprint density at radius 1 is 1.15 bits per heavy atom. The van der Waals surface area contributed by atoms with Crippen LogP contribution < -0.4 is 10.6 Å². The second-order valence-electron chi connectivity index (χ2n) is 6.09. The van der Waals surface area contributed by atoms with E-state index in [0.29, 0.717) is 16.5 Å². The maximum absolute atomic E-state index is 12.8. The first kappa shape index (κ1) is 20.5. The van der Waals surface area contributed by atoms with Gasteiger partial charge in [-0.2, -0.15) is 11.8 Å². The molecule has 0 aromatic heterocycles. The molecule has 0 aliphatic rings. The third-order valence-corrected chi connectivity index (χ3v) is 5.34. The van der Waals surface area contributed by atoms with Crippen molar-refractivity contribution in [1.82, 2.24) is 5.32 Å².